The second-order valence-corrected chi connectivity index (χ2v) is 8.53. The summed E-state index contributed by atoms with van der Waals surface area (Å²) < 4.78 is 12.7. The maximum atomic E-state index is 13.5. The summed E-state index contributed by atoms with van der Waals surface area (Å²) in [5, 5.41) is 0. The molecule has 2 atom stereocenters. The largest absolute Gasteiger partial charge is 0.497 e. The molecule has 7 heteroatoms. The number of benzene rings is 1. The molecule has 0 radical (unpaired) electrons. The zero-order valence-electron chi connectivity index (χ0n) is 19.5. The molecule has 1 aromatic carbocycles. The smallest absolute Gasteiger partial charge is 0.310 e. The molecule has 2 aromatic heterocycles. The van der Waals surface area contributed by atoms with Crippen LogP contribution in [-0.4, -0.2) is 53.0 Å². The molecule has 0 bridgehead atoms. The first-order chi connectivity index (χ1) is 16.0. The lowest BCUT2D eigenvalue weighted by molar-refractivity contribution is -0.151. The highest BCUT2D eigenvalue weighted by atomic mass is 16.5. The molecule has 33 heavy (non-hydrogen) atoms. The van der Waals surface area contributed by atoms with Gasteiger partial charge in [-0.25, -0.2) is 4.98 Å². The van der Waals surface area contributed by atoms with Crippen molar-refractivity contribution in [3.8, 4) is 5.75 Å². The Hall–Kier alpha value is -3.35. The van der Waals surface area contributed by atoms with Crippen molar-refractivity contribution < 1.29 is 19.1 Å². The number of imidazole rings is 1. The number of rotatable bonds is 7. The molecule has 0 aliphatic carbocycles. The van der Waals surface area contributed by atoms with Gasteiger partial charge in [-0.2, -0.15) is 0 Å². The monoisotopic (exact) mass is 449 g/mol. The lowest BCUT2D eigenvalue weighted by Crippen LogP contribution is -2.43. The third kappa shape index (κ3) is 4.87. The van der Waals surface area contributed by atoms with Gasteiger partial charge in [-0.1, -0.05) is 18.2 Å². The molecule has 1 amide bonds. The van der Waals surface area contributed by atoms with E-state index in [0.29, 0.717) is 19.7 Å². The molecule has 2 unspecified atom stereocenters. The van der Waals surface area contributed by atoms with Gasteiger partial charge in [0, 0.05) is 37.8 Å². The van der Waals surface area contributed by atoms with E-state index in [1.807, 2.05) is 60.6 Å². The SMILES string of the molecule is CCOC(=O)C1CCCN(C(=O)CC(c2cccc(OC)c2)c2cnc3c(C)cccn23)C1. The molecule has 174 valence electrons. The molecule has 3 aromatic rings. The molecular formula is C26H31N3O4. The summed E-state index contributed by atoms with van der Waals surface area (Å²) in [6.07, 6.45) is 5.68. The van der Waals surface area contributed by atoms with Gasteiger partial charge in [-0.3, -0.25) is 9.59 Å². The minimum absolute atomic E-state index is 0.0272. The van der Waals surface area contributed by atoms with Crippen LogP contribution >= 0.6 is 0 Å². The van der Waals surface area contributed by atoms with E-state index < -0.39 is 0 Å². The van der Waals surface area contributed by atoms with Crippen LogP contribution < -0.4 is 4.74 Å². The Labute approximate surface area is 194 Å². The van der Waals surface area contributed by atoms with Gasteiger partial charge in [0.05, 0.1) is 25.3 Å². The van der Waals surface area contributed by atoms with Gasteiger partial charge < -0.3 is 18.8 Å². The summed E-state index contributed by atoms with van der Waals surface area (Å²) in [7, 11) is 1.64. The molecule has 0 saturated carbocycles. The molecule has 4 rings (SSSR count). The summed E-state index contributed by atoms with van der Waals surface area (Å²) in [4.78, 5) is 32.2. The number of amides is 1. The van der Waals surface area contributed by atoms with E-state index in [0.717, 1.165) is 41.1 Å². The molecule has 1 aliphatic rings. The molecule has 1 aliphatic heterocycles. The van der Waals surface area contributed by atoms with Crippen LogP contribution in [0.5, 0.6) is 5.75 Å². The van der Waals surface area contributed by atoms with Gasteiger partial charge in [0.15, 0.2) is 0 Å². The van der Waals surface area contributed by atoms with Gasteiger partial charge in [0.2, 0.25) is 5.91 Å². The van der Waals surface area contributed by atoms with E-state index in [1.54, 1.807) is 14.0 Å². The third-order valence-electron chi connectivity index (χ3n) is 6.39. The molecule has 1 saturated heterocycles. The number of carbonyl (C=O) groups excluding carboxylic acids is 2. The second kappa shape index (κ2) is 10.1. The fourth-order valence-electron chi connectivity index (χ4n) is 4.64. The molecule has 3 heterocycles. The summed E-state index contributed by atoms with van der Waals surface area (Å²) in [6.45, 7) is 5.26. The van der Waals surface area contributed by atoms with Crippen LogP contribution in [0.2, 0.25) is 0 Å². The summed E-state index contributed by atoms with van der Waals surface area (Å²) in [6, 6.07) is 11.9. The van der Waals surface area contributed by atoms with Gasteiger partial charge in [-0.15, -0.1) is 0 Å². The van der Waals surface area contributed by atoms with Crippen molar-refractivity contribution in [2.24, 2.45) is 5.92 Å². The van der Waals surface area contributed by atoms with Crippen molar-refractivity contribution in [2.75, 3.05) is 26.8 Å². The average Bonchev–Trinajstić information content (AvgIpc) is 3.28. The topological polar surface area (TPSA) is 73.1 Å². The van der Waals surface area contributed by atoms with Crippen LogP contribution in [0.4, 0.5) is 0 Å². The average molecular weight is 450 g/mol. The number of hydrogen-bond donors (Lipinski definition) is 0. The number of nitrogens with zero attached hydrogens (tertiary/aromatic N) is 3. The number of methoxy groups -OCH3 is 1. The minimum Gasteiger partial charge on any atom is -0.497 e. The van der Waals surface area contributed by atoms with Crippen molar-refractivity contribution >= 4 is 17.5 Å². The quantitative estimate of drug-likeness (QED) is 0.510. The number of carbonyl (C=O) groups is 2. The molecule has 7 nitrogen and oxygen atoms in total. The summed E-state index contributed by atoms with van der Waals surface area (Å²) >= 11 is 0. The van der Waals surface area contributed by atoms with Crippen molar-refractivity contribution in [1.29, 1.82) is 0 Å². The molecule has 0 spiro atoms. The predicted molar refractivity (Wildman–Crippen MR) is 125 cm³/mol. The number of pyridine rings is 1. The van der Waals surface area contributed by atoms with Crippen molar-refractivity contribution in [1.82, 2.24) is 14.3 Å². The lowest BCUT2D eigenvalue weighted by Gasteiger charge is -2.32. The van der Waals surface area contributed by atoms with Crippen LogP contribution in [-0.2, 0) is 14.3 Å². The summed E-state index contributed by atoms with van der Waals surface area (Å²) in [5.74, 6) is 0.107. The highest BCUT2D eigenvalue weighted by Crippen LogP contribution is 2.32. The Bertz CT molecular complexity index is 1140. The van der Waals surface area contributed by atoms with E-state index in [1.165, 1.54) is 0 Å². The number of likely N-dealkylation sites (tertiary alicyclic amines) is 1. The Morgan fingerprint density at radius 2 is 2.09 bits per heavy atom. The predicted octanol–water partition coefficient (Wildman–Crippen LogP) is 3.98. The van der Waals surface area contributed by atoms with Gasteiger partial charge in [0.25, 0.3) is 0 Å². The Balaban J connectivity index is 1.64. The number of aryl methyl sites for hydroxylation is 1. The number of fused-ring (bicyclic) bond motifs is 1. The number of piperidine rings is 1. The highest BCUT2D eigenvalue weighted by Gasteiger charge is 2.31. The zero-order valence-corrected chi connectivity index (χ0v) is 19.5. The number of ether oxygens (including phenoxy) is 2. The molecule has 0 N–H and O–H groups in total. The van der Waals surface area contributed by atoms with Crippen molar-refractivity contribution in [3.05, 3.63) is 65.6 Å². The van der Waals surface area contributed by atoms with Crippen molar-refractivity contribution in [2.45, 2.75) is 39.0 Å². The molecular weight excluding hydrogens is 418 g/mol. The molecule has 1 fully saturated rings. The van der Waals surface area contributed by atoms with Gasteiger partial charge in [-0.05, 0) is 56.0 Å². The van der Waals surface area contributed by atoms with E-state index >= 15 is 0 Å². The number of aromatic nitrogens is 2. The van der Waals surface area contributed by atoms with Crippen LogP contribution in [0.25, 0.3) is 5.65 Å². The maximum absolute atomic E-state index is 13.5. The first kappa shape index (κ1) is 22.8. The number of esters is 1. The van der Waals surface area contributed by atoms with E-state index in [-0.39, 0.29) is 30.1 Å². The Kier molecular flexibility index (Phi) is 6.96. The zero-order chi connectivity index (χ0) is 23.4. The van der Waals surface area contributed by atoms with Gasteiger partial charge in [0.1, 0.15) is 11.4 Å². The fourth-order valence-corrected chi connectivity index (χ4v) is 4.64. The maximum Gasteiger partial charge on any atom is 0.310 e. The van der Waals surface area contributed by atoms with Crippen molar-refractivity contribution in [3.63, 3.8) is 0 Å². The van der Waals surface area contributed by atoms with Crippen LogP contribution in [0.1, 0.15) is 48.9 Å². The van der Waals surface area contributed by atoms with Crippen LogP contribution in [0.15, 0.2) is 48.8 Å². The Morgan fingerprint density at radius 1 is 1.24 bits per heavy atom. The summed E-state index contributed by atoms with van der Waals surface area (Å²) in [5.41, 5.74) is 3.90. The van der Waals surface area contributed by atoms with E-state index in [2.05, 4.69) is 9.38 Å². The first-order valence-corrected chi connectivity index (χ1v) is 11.5. The first-order valence-electron chi connectivity index (χ1n) is 11.5. The third-order valence-corrected chi connectivity index (χ3v) is 6.39. The van der Waals surface area contributed by atoms with Crippen LogP contribution in [0.3, 0.4) is 0 Å². The second-order valence-electron chi connectivity index (χ2n) is 8.53. The Morgan fingerprint density at radius 3 is 2.88 bits per heavy atom. The highest BCUT2D eigenvalue weighted by molar-refractivity contribution is 5.79. The number of hydrogen-bond acceptors (Lipinski definition) is 5. The fraction of sp³-hybridized carbons (Fsp3) is 0.423. The normalized spacial score (nSPS) is 17.1. The lowest BCUT2D eigenvalue weighted by atomic mass is 9.90. The van der Waals surface area contributed by atoms with Gasteiger partial charge >= 0.3 is 5.97 Å². The standard InChI is InChI=1S/C26H31N3O4/c1-4-33-26(31)20-10-7-12-28(17-20)24(30)15-22(19-9-5-11-21(14-19)32-3)23-16-27-25-18(2)8-6-13-29(23)25/h5-6,8-9,11,13-14,16,20,22H,4,7,10,12,15,17H2,1-3H3. The minimum atomic E-state index is -0.253. The van der Waals surface area contributed by atoms with E-state index in [9.17, 15) is 9.59 Å². The van der Waals surface area contributed by atoms with Crippen LogP contribution in [0, 0.1) is 12.8 Å². The van der Waals surface area contributed by atoms with E-state index in [4.69, 9.17) is 9.47 Å².